The van der Waals surface area contributed by atoms with Gasteiger partial charge in [0.15, 0.2) is 6.61 Å². The maximum atomic E-state index is 13.4. The molecule has 0 heterocycles. The molecule has 2 rings (SSSR count). The van der Waals surface area contributed by atoms with E-state index in [0.29, 0.717) is 6.07 Å². The summed E-state index contributed by atoms with van der Waals surface area (Å²) in [6.45, 7) is -1.36. The van der Waals surface area contributed by atoms with Crippen LogP contribution in [0.3, 0.4) is 0 Å². The van der Waals surface area contributed by atoms with Crippen LogP contribution in [-0.4, -0.2) is 35.9 Å². The summed E-state index contributed by atoms with van der Waals surface area (Å²) in [5.74, 6) is -4.40. The van der Waals surface area contributed by atoms with Crippen molar-refractivity contribution >= 4 is 29.2 Å². The highest BCUT2D eigenvalue weighted by Gasteiger charge is 2.14. The number of nitro benzene ring substituents is 1. The average Bonchev–Trinajstić information content (AvgIpc) is 2.66. The number of esters is 1. The molecule has 0 radical (unpaired) electrons. The van der Waals surface area contributed by atoms with Crippen molar-refractivity contribution in [3.8, 4) is 0 Å². The van der Waals surface area contributed by atoms with Gasteiger partial charge in [-0.1, -0.05) is 6.07 Å². The number of hydrogen-bond donors (Lipinski definition) is 2. The molecule has 9 nitrogen and oxygen atoms in total. The molecule has 0 saturated carbocycles. The number of ether oxygens (including phenoxy) is 1. The predicted octanol–water partition coefficient (Wildman–Crippen LogP) is 1.78. The van der Waals surface area contributed by atoms with Crippen LogP contribution < -0.4 is 10.6 Å². The third kappa shape index (κ3) is 5.83. The zero-order valence-electron chi connectivity index (χ0n) is 14.1. The van der Waals surface area contributed by atoms with E-state index in [9.17, 15) is 33.3 Å². The molecule has 2 amide bonds. The second kappa shape index (κ2) is 9.16. The van der Waals surface area contributed by atoms with Gasteiger partial charge in [-0.25, -0.2) is 8.78 Å². The average molecular weight is 393 g/mol. The smallest absolute Gasteiger partial charge is 0.325 e. The van der Waals surface area contributed by atoms with Crippen molar-refractivity contribution in [1.29, 1.82) is 0 Å². The van der Waals surface area contributed by atoms with Gasteiger partial charge in [0.2, 0.25) is 0 Å². The minimum atomic E-state index is -0.996. The van der Waals surface area contributed by atoms with Gasteiger partial charge in [0.1, 0.15) is 18.2 Å². The molecule has 0 aliphatic carbocycles. The molecule has 0 bridgehead atoms. The molecule has 146 valence electrons. The van der Waals surface area contributed by atoms with Gasteiger partial charge in [-0.3, -0.25) is 24.5 Å². The zero-order valence-corrected chi connectivity index (χ0v) is 14.1. The van der Waals surface area contributed by atoms with Crippen LogP contribution in [0.25, 0.3) is 0 Å². The van der Waals surface area contributed by atoms with Gasteiger partial charge >= 0.3 is 5.97 Å². The highest BCUT2D eigenvalue weighted by molar-refractivity contribution is 5.97. The lowest BCUT2D eigenvalue weighted by atomic mass is 10.2. The van der Waals surface area contributed by atoms with E-state index in [-0.39, 0.29) is 16.9 Å². The molecule has 0 atom stereocenters. The Kier molecular flexibility index (Phi) is 6.68. The van der Waals surface area contributed by atoms with E-state index in [1.807, 2.05) is 0 Å². The van der Waals surface area contributed by atoms with E-state index in [1.54, 1.807) is 0 Å². The lowest BCUT2D eigenvalue weighted by Crippen LogP contribution is -2.32. The van der Waals surface area contributed by atoms with Crippen LogP contribution in [0.4, 0.5) is 20.2 Å². The molecule has 0 unspecified atom stereocenters. The number of carbonyl (C=O) groups excluding carboxylic acids is 3. The van der Waals surface area contributed by atoms with Crippen molar-refractivity contribution in [2.24, 2.45) is 0 Å². The van der Waals surface area contributed by atoms with E-state index >= 15 is 0 Å². The minimum absolute atomic E-state index is 0.0356. The molecule has 0 fully saturated rings. The van der Waals surface area contributed by atoms with Gasteiger partial charge in [-0.2, -0.15) is 0 Å². The number of nitro groups is 1. The maximum absolute atomic E-state index is 13.4. The second-order valence-electron chi connectivity index (χ2n) is 5.32. The Bertz CT molecular complexity index is 935. The third-order valence-electron chi connectivity index (χ3n) is 3.28. The van der Waals surface area contributed by atoms with Gasteiger partial charge in [0, 0.05) is 23.8 Å². The van der Waals surface area contributed by atoms with E-state index in [1.165, 1.54) is 18.2 Å². The van der Waals surface area contributed by atoms with Crippen molar-refractivity contribution in [2.45, 2.75) is 0 Å². The molecule has 2 aromatic carbocycles. The first-order chi connectivity index (χ1) is 13.3. The second-order valence-corrected chi connectivity index (χ2v) is 5.32. The van der Waals surface area contributed by atoms with Crippen molar-refractivity contribution in [3.63, 3.8) is 0 Å². The molecule has 11 heteroatoms. The molecule has 28 heavy (non-hydrogen) atoms. The van der Waals surface area contributed by atoms with Gasteiger partial charge in [-0.05, 0) is 18.2 Å². The van der Waals surface area contributed by atoms with Crippen LogP contribution in [0.1, 0.15) is 10.4 Å². The third-order valence-corrected chi connectivity index (χ3v) is 3.28. The van der Waals surface area contributed by atoms with Gasteiger partial charge in [0.05, 0.1) is 10.6 Å². The Hall–Kier alpha value is -3.89. The van der Waals surface area contributed by atoms with Gasteiger partial charge in [-0.15, -0.1) is 0 Å². The number of nitrogens with zero attached hydrogens (tertiary/aromatic N) is 1. The number of hydrogen-bond acceptors (Lipinski definition) is 6. The van der Waals surface area contributed by atoms with Crippen molar-refractivity contribution < 1.29 is 32.8 Å². The number of amides is 2. The van der Waals surface area contributed by atoms with Crippen LogP contribution >= 0.6 is 0 Å². The summed E-state index contributed by atoms with van der Waals surface area (Å²) in [4.78, 5) is 45.1. The van der Waals surface area contributed by atoms with Crippen molar-refractivity contribution in [2.75, 3.05) is 18.5 Å². The first-order valence-electron chi connectivity index (χ1n) is 7.69. The number of nitrogens with one attached hydrogen (secondary N) is 2. The topological polar surface area (TPSA) is 128 Å². The summed E-state index contributed by atoms with van der Waals surface area (Å²) in [6, 6.07) is 7.38. The highest BCUT2D eigenvalue weighted by atomic mass is 19.1. The summed E-state index contributed by atoms with van der Waals surface area (Å²) in [5.41, 5.74) is -0.618. The summed E-state index contributed by atoms with van der Waals surface area (Å²) in [6.07, 6.45) is 0. The van der Waals surface area contributed by atoms with E-state index in [0.717, 1.165) is 18.2 Å². The minimum Gasteiger partial charge on any atom is -0.454 e. The largest absolute Gasteiger partial charge is 0.454 e. The first kappa shape index (κ1) is 20.4. The first-order valence-corrected chi connectivity index (χ1v) is 7.69. The Labute approximate surface area is 156 Å². The SMILES string of the molecule is O=C(COC(=O)CNC(=O)c1cccc([N+](=O)[O-])c1)Nc1ccc(F)cc1F. The molecule has 0 aliphatic heterocycles. The highest BCUT2D eigenvalue weighted by Crippen LogP contribution is 2.15. The quantitative estimate of drug-likeness (QED) is 0.419. The fourth-order valence-corrected chi connectivity index (χ4v) is 1.99. The molecule has 0 aromatic heterocycles. The molecule has 2 aromatic rings. The van der Waals surface area contributed by atoms with E-state index < -0.39 is 47.5 Å². The lowest BCUT2D eigenvalue weighted by Gasteiger charge is -2.08. The number of benzene rings is 2. The standard InChI is InChI=1S/C17H13F2N3O6/c18-11-4-5-14(13(19)7-11)21-15(23)9-28-16(24)8-20-17(25)10-2-1-3-12(6-10)22(26)27/h1-7H,8-9H2,(H,20,25)(H,21,23). The van der Waals surface area contributed by atoms with E-state index in [4.69, 9.17) is 0 Å². The fraction of sp³-hybridized carbons (Fsp3) is 0.118. The predicted molar refractivity (Wildman–Crippen MR) is 91.4 cm³/mol. The zero-order chi connectivity index (χ0) is 20.7. The monoisotopic (exact) mass is 393 g/mol. The van der Waals surface area contributed by atoms with Crippen LogP contribution in [0.15, 0.2) is 42.5 Å². The Morgan fingerprint density at radius 2 is 1.86 bits per heavy atom. The molecular weight excluding hydrogens is 380 g/mol. The molecular formula is C17H13F2N3O6. The van der Waals surface area contributed by atoms with Crippen LogP contribution in [0.2, 0.25) is 0 Å². The van der Waals surface area contributed by atoms with Crippen molar-refractivity contribution in [3.05, 3.63) is 69.8 Å². The Morgan fingerprint density at radius 3 is 2.54 bits per heavy atom. The maximum Gasteiger partial charge on any atom is 0.325 e. The molecule has 0 spiro atoms. The molecule has 0 aliphatic rings. The summed E-state index contributed by atoms with van der Waals surface area (Å²) < 4.78 is 30.8. The Morgan fingerprint density at radius 1 is 1.11 bits per heavy atom. The number of carbonyl (C=O) groups is 3. The van der Waals surface area contributed by atoms with Crippen LogP contribution in [0.5, 0.6) is 0 Å². The van der Waals surface area contributed by atoms with Gasteiger partial charge < -0.3 is 15.4 Å². The number of anilines is 1. The van der Waals surface area contributed by atoms with Crippen molar-refractivity contribution in [1.82, 2.24) is 5.32 Å². The Balaban J connectivity index is 1.79. The lowest BCUT2D eigenvalue weighted by molar-refractivity contribution is -0.384. The molecule has 0 saturated heterocycles. The van der Waals surface area contributed by atoms with Gasteiger partial charge in [0.25, 0.3) is 17.5 Å². The fourth-order valence-electron chi connectivity index (χ4n) is 1.99. The summed E-state index contributed by atoms with van der Waals surface area (Å²) in [5, 5.41) is 15.0. The summed E-state index contributed by atoms with van der Waals surface area (Å²) >= 11 is 0. The number of non-ortho nitro benzene ring substituents is 1. The van der Waals surface area contributed by atoms with E-state index in [2.05, 4.69) is 15.4 Å². The normalized spacial score (nSPS) is 10.1. The molecule has 2 N–H and O–H groups in total. The van der Waals surface area contributed by atoms with Crippen LogP contribution in [0, 0.1) is 21.7 Å². The summed E-state index contributed by atoms with van der Waals surface area (Å²) in [7, 11) is 0. The van der Waals surface area contributed by atoms with Crippen LogP contribution in [-0.2, 0) is 14.3 Å². The number of rotatable bonds is 7. The number of halogens is 2.